The van der Waals surface area contributed by atoms with E-state index in [4.69, 9.17) is 4.42 Å². The smallest absolute Gasteiger partial charge is 0.198 e. The summed E-state index contributed by atoms with van der Waals surface area (Å²) in [6.07, 6.45) is 3.72. The zero-order valence-electron chi connectivity index (χ0n) is 9.78. The monoisotopic (exact) mass is 228 g/mol. The zero-order valence-corrected chi connectivity index (χ0v) is 9.78. The van der Waals surface area contributed by atoms with Crippen LogP contribution in [0.4, 0.5) is 0 Å². The summed E-state index contributed by atoms with van der Waals surface area (Å²) in [6.45, 7) is 2.23. The van der Waals surface area contributed by atoms with Gasteiger partial charge < -0.3 is 9.73 Å². The van der Waals surface area contributed by atoms with Crippen LogP contribution in [0.15, 0.2) is 22.6 Å². The first-order chi connectivity index (χ1) is 8.40. The van der Waals surface area contributed by atoms with Gasteiger partial charge in [0.05, 0.1) is 0 Å². The minimum atomic E-state index is 0.596. The maximum absolute atomic E-state index is 5.78. The summed E-state index contributed by atoms with van der Waals surface area (Å²) in [5.41, 5.74) is 3.39. The Bertz CT molecular complexity index is 550. The minimum absolute atomic E-state index is 0.596. The van der Waals surface area contributed by atoms with Gasteiger partial charge in [0.1, 0.15) is 5.52 Å². The number of hydrogen-bond acceptors (Lipinski definition) is 3. The quantitative estimate of drug-likeness (QED) is 0.859. The Balaban J connectivity index is 1.74. The lowest BCUT2D eigenvalue weighted by atomic mass is 9.98. The first-order valence-electron chi connectivity index (χ1n) is 6.51. The van der Waals surface area contributed by atoms with Crippen LogP contribution in [0.5, 0.6) is 0 Å². The Morgan fingerprint density at radius 1 is 1.18 bits per heavy atom. The van der Waals surface area contributed by atoms with Crippen molar-refractivity contribution in [2.75, 3.05) is 13.1 Å². The van der Waals surface area contributed by atoms with Crippen molar-refractivity contribution in [2.45, 2.75) is 31.1 Å². The van der Waals surface area contributed by atoms with Gasteiger partial charge in [-0.2, -0.15) is 0 Å². The van der Waals surface area contributed by atoms with Gasteiger partial charge in [-0.15, -0.1) is 0 Å². The van der Waals surface area contributed by atoms with E-state index in [1.165, 1.54) is 24.8 Å². The number of rotatable bonds is 2. The standard InChI is InChI=1S/C14H16N2O/c1-2-9(1)14-16-12-7-10(3-4-13(12)17-14)11-5-6-15-8-11/h3-4,7,9,11,15H,1-2,5-6,8H2. The molecule has 0 bridgehead atoms. The molecule has 1 unspecified atom stereocenters. The Morgan fingerprint density at radius 2 is 2.12 bits per heavy atom. The lowest BCUT2D eigenvalue weighted by Crippen LogP contribution is -2.07. The molecule has 2 aliphatic rings. The molecule has 2 heterocycles. The van der Waals surface area contributed by atoms with Crippen LogP contribution < -0.4 is 5.32 Å². The van der Waals surface area contributed by atoms with Crippen LogP contribution in [0, 0.1) is 0 Å². The SMILES string of the molecule is c1cc2oc(C3CC3)nc2cc1C1CCNC1. The largest absolute Gasteiger partial charge is 0.440 e. The number of benzene rings is 1. The fraction of sp³-hybridized carbons (Fsp3) is 0.500. The number of nitrogens with zero attached hydrogens (tertiary/aromatic N) is 1. The number of hydrogen-bond donors (Lipinski definition) is 1. The molecule has 0 spiro atoms. The van der Waals surface area contributed by atoms with Crippen LogP contribution in [0.2, 0.25) is 0 Å². The van der Waals surface area contributed by atoms with Crippen molar-refractivity contribution in [3.05, 3.63) is 29.7 Å². The molecule has 1 saturated heterocycles. The third kappa shape index (κ3) is 1.65. The van der Waals surface area contributed by atoms with Gasteiger partial charge >= 0.3 is 0 Å². The molecule has 1 saturated carbocycles. The molecule has 4 rings (SSSR count). The van der Waals surface area contributed by atoms with Crippen LogP contribution in [-0.4, -0.2) is 18.1 Å². The Morgan fingerprint density at radius 3 is 2.88 bits per heavy atom. The molecule has 1 N–H and O–H groups in total. The summed E-state index contributed by atoms with van der Waals surface area (Å²) in [6, 6.07) is 6.49. The molecule has 88 valence electrons. The fourth-order valence-corrected chi connectivity index (χ4v) is 2.66. The van der Waals surface area contributed by atoms with Crippen molar-refractivity contribution in [1.29, 1.82) is 0 Å². The topological polar surface area (TPSA) is 38.1 Å². The molecular weight excluding hydrogens is 212 g/mol. The summed E-state index contributed by atoms with van der Waals surface area (Å²) < 4.78 is 5.78. The lowest BCUT2D eigenvalue weighted by Gasteiger charge is -2.07. The van der Waals surface area contributed by atoms with Crippen molar-refractivity contribution >= 4 is 11.1 Å². The molecule has 1 aliphatic carbocycles. The van der Waals surface area contributed by atoms with Crippen molar-refractivity contribution in [2.24, 2.45) is 0 Å². The van der Waals surface area contributed by atoms with Crippen LogP contribution in [0.25, 0.3) is 11.1 Å². The van der Waals surface area contributed by atoms with Crippen LogP contribution in [0.1, 0.15) is 42.6 Å². The van der Waals surface area contributed by atoms with Crippen LogP contribution in [0.3, 0.4) is 0 Å². The van der Waals surface area contributed by atoms with Gasteiger partial charge in [-0.25, -0.2) is 4.98 Å². The normalized spacial score (nSPS) is 24.6. The van der Waals surface area contributed by atoms with Crippen LogP contribution >= 0.6 is 0 Å². The first kappa shape index (κ1) is 9.66. The van der Waals surface area contributed by atoms with Crippen molar-refractivity contribution < 1.29 is 4.42 Å². The van der Waals surface area contributed by atoms with E-state index in [-0.39, 0.29) is 0 Å². The van der Waals surface area contributed by atoms with Gasteiger partial charge in [-0.1, -0.05) is 6.07 Å². The van der Waals surface area contributed by atoms with E-state index < -0.39 is 0 Å². The summed E-state index contributed by atoms with van der Waals surface area (Å²) in [7, 11) is 0. The molecule has 3 heteroatoms. The summed E-state index contributed by atoms with van der Waals surface area (Å²) in [4.78, 5) is 4.62. The third-order valence-corrected chi connectivity index (χ3v) is 3.89. The molecule has 1 aromatic heterocycles. The van der Waals surface area contributed by atoms with Gasteiger partial charge in [0.2, 0.25) is 0 Å². The lowest BCUT2D eigenvalue weighted by molar-refractivity contribution is 0.533. The van der Waals surface area contributed by atoms with Crippen LogP contribution in [-0.2, 0) is 0 Å². The summed E-state index contributed by atoms with van der Waals surface area (Å²) in [5, 5.41) is 3.41. The predicted molar refractivity (Wildman–Crippen MR) is 66.2 cm³/mol. The second-order valence-electron chi connectivity index (χ2n) is 5.24. The Kier molecular flexibility index (Phi) is 2.03. The van der Waals surface area contributed by atoms with E-state index in [2.05, 4.69) is 28.5 Å². The third-order valence-electron chi connectivity index (χ3n) is 3.89. The van der Waals surface area contributed by atoms with E-state index in [1.54, 1.807) is 0 Å². The van der Waals surface area contributed by atoms with Crippen molar-refractivity contribution in [3.8, 4) is 0 Å². The van der Waals surface area contributed by atoms with E-state index in [0.717, 1.165) is 30.1 Å². The summed E-state index contributed by atoms with van der Waals surface area (Å²) in [5.74, 6) is 2.20. The van der Waals surface area contributed by atoms with E-state index in [0.29, 0.717) is 11.8 Å². The highest BCUT2D eigenvalue weighted by Gasteiger charge is 2.29. The van der Waals surface area contributed by atoms with E-state index >= 15 is 0 Å². The van der Waals surface area contributed by atoms with Crippen molar-refractivity contribution in [3.63, 3.8) is 0 Å². The molecule has 2 fully saturated rings. The molecule has 0 radical (unpaired) electrons. The second-order valence-corrected chi connectivity index (χ2v) is 5.24. The second kappa shape index (κ2) is 3.57. The zero-order chi connectivity index (χ0) is 11.2. The van der Waals surface area contributed by atoms with Gasteiger partial charge in [0.25, 0.3) is 0 Å². The highest BCUT2D eigenvalue weighted by molar-refractivity contribution is 5.73. The number of oxazole rings is 1. The van der Waals surface area contributed by atoms with E-state index in [9.17, 15) is 0 Å². The molecule has 17 heavy (non-hydrogen) atoms. The molecule has 3 nitrogen and oxygen atoms in total. The molecule has 1 atom stereocenters. The number of nitrogens with one attached hydrogen (secondary N) is 1. The highest BCUT2D eigenvalue weighted by atomic mass is 16.3. The molecule has 0 amide bonds. The number of aromatic nitrogens is 1. The molecule has 2 aromatic rings. The highest BCUT2D eigenvalue weighted by Crippen LogP contribution is 2.40. The van der Waals surface area contributed by atoms with E-state index in [1.807, 2.05) is 0 Å². The molecular formula is C14H16N2O. The van der Waals surface area contributed by atoms with Gasteiger partial charge in [0, 0.05) is 12.5 Å². The number of fused-ring (bicyclic) bond motifs is 1. The first-order valence-corrected chi connectivity index (χ1v) is 6.51. The minimum Gasteiger partial charge on any atom is -0.440 e. The van der Waals surface area contributed by atoms with Gasteiger partial charge in [-0.05, 0) is 49.4 Å². The van der Waals surface area contributed by atoms with Gasteiger partial charge in [0.15, 0.2) is 11.5 Å². The van der Waals surface area contributed by atoms with Gasteiger partial charge in [-0.3, -0.25) is 0 Å². The molecule has 1 aliphatic heterocycles. The molecule has 1 aromatic carbocycles. The average Bonchev–Trinajstić information content (AvgIpc) is 2.92. The Hall–Kier alpha value is -1.35. The Labute approximate surface area is 100 Å². The maximum Gasteiger partial charge on any atom is 0.198 e. The summed E-state index contributed by atoms with van der Waals surface area (Å²) >= 11 is 0. The predicted octanol–water partition coefficient (Wildman–Crippen LogP) is 2.78. The van der Waals surface area contributed by atoms with Crippen molar-refractivity contribution in [1.82, 2.24) is 10.3 Å². The fourth-order valence-electron chi connectivity index (χ4n) is 2.66. The average molecular weight is 228 g/mol. The maximum atomic E-state index is 5.78.